The summed E-state index contributed by atoms with van der Waals surface area (Å²) in [6, 6.07) is 8.52. The van der Waals surface area contributed by atoms with E-state index in [2.05, 4.69) is 10.2 Å². The fraction of sp³-hybridized carbons (Fsp3) is 0.304. The average Bonchev–Trinajstić information content (AvgIpc) is 3.27. The van der Waals surface area contributed by atoms with Crippen LogP contribution in [0.4, 0.5) is 11.4 Å². The summed E-state index contributed by atoms with van der Waals surface area (Å²) in [4.78, 5) is 27.0. The molecule has 0 unspecified atom stereocenters. The Balaban J connectivity index is 2.00. The van der Waals surface area contributed by atoms with Gasteiger partial charge in [0.25, 0.3) is 5.91 Å². The van der Waals surface area contributed by atoms with Gasteiger partial charge in [0, 0.05) is 29.8 Å². The van der Waals surface area contributed by atoms with Gasteiger partial charge in [-0.05, 0) is 50.1 Å². The lowest BCUT2D eigenvalue weighted by Crippen LogP contribution is -2.22. The van der Waals surface area contributed by atoms with Crippen molar-refractivity contribution in [1.29, 1.82) is 0 Å². The van der Waals surface area contributed by atoms with E-state index in [9.17, 15) is 9.59 Å². The van der Waals surface area contributed by atoms with Crippen LogP contribution in [0, 0.1) is 0 Å². The summed E-state index contributed by atoms with van der Waals surface area (Å²) in [7, 11) is 3.09. The minimum absolute atomic E-state index is 0.316. The van der Waals surface area contributed by atoms with Gasteiger partial charge in [-0.25, -0.2) is 0 Å². The van der Waals surface area contributed by atoms with Crippen molar-refractivity contribution in [1.82, 2.24) is 0 Å². The number of carbonyl (C=O) groups excluding carboxylic acids is 2. The summed E-state index contributed by atoms with van der Waals surface area (Å²) < 4.78 is 10.8. The molecule has 1 aliphatic rings. The number of hydrogen-bond donors (Lipinski definition) is 2. The van der Waals surface area contributed by atoms with Gasteiger partial charge >= 0.3 is 0 Å². The molecule has 1 aliphatic heterocycles. The zero-order chi connectivity index (χ0) is 21.7. The Hall–Kier alpha value is -3.48. The van der Waals surface area contributed by atoms with E-state index >= 15 is 0 Å². The van der Waals surface area contributed by atoms with E-state index < -0.39 is 5.91 Å². The molecule has 1 fully saturated rings. The number of anilines is 2. The Labute approximate surface area is 176 Å². The zero-order valence-corrected chi connectivity index (χ0v) is 17.5. The standard InChI is InChI=1S/C23H27N3O4/c1-4-7-15-12-17(14-20(29-2)21(15)30-3)23(28)25-18-13-16(22(24)27)8-9-19(18)26-10-5-6-11-26/h4,7-9,12-14H,5-6,10-11H2,1-3H3,(H2,24,27)(H,25,28)/b7-4+. The number of rotatable bonds is 7. The first-order valence-electron chi connectivity index (χ1n) is 9.87. The number of carbonyl (C=O) groups is 2. The molecule has 7 heteroatoms. The quantitative estimate of drug-likeness (QED) is 0.727. The van der Waals surface area contributed by atoms with Crippen molar-refractivity contribution in [2.75, 3.05) is 37.5 Å². The SMILES string of the molecule is C/C=C/c1cc(C(=O)Nc2cc(C(N)=O)ccc2N2CCCC2)cc(OC)c1OC. The predicted octanol–water partition coefficient (Wildman–Crippen LogP) is 3.69. The average molecular weight is 409 g/mol. The van der Waals surface area contributed by atoms with Gasteiger partial charge in [-0.1, -0.05) is 12.2 Å². The lowest BCUT2D eigenvalue weighted by molar-refractivity contribution is 0.0996. The van der Waals surface area contributed by atoms with E-state index in [4.69, 9.17) is 15.2 Å². The molecule has 0 aromatic heterocycles. The van der Waals surface area contributed by atoms with Crippen molar-refractivity contribution in [3.8, 4) is 11.5 Å². The number of nitrogens with zero attached hydrogens (tertiary/aromatic N) is 1. The second-order valence-corrected chi connectivity index (χ2v) is 7.05. The van der Waals surface area contributed by atoms with Crippen molar-refractivity contribution < 1.29 is 19.1 Å². The van der Waals surface area contributed by atoms with E-state index in [0.717, 1.165) is 37.2 Å². The Bertz CT molecular complexity index is 979. The Morgan fingerprint density at radius 3 is 2.40 bits per heavy atom. The van der Waals surface area contributed by atoms with Crippen molar-refractivity contribution in [3.05, 3.63) is 53.1 Å². The molecule has 2 aromatic rings. The van der Waals surface area contributed by atoms with Crippen LogP contribution >= 0.6 is 0 Å². The van der Waals surface area contributed by atoms with Gasteiger partial charge in [0.15, 0.2) is 11.5 Å². The van der Waals surface area contributed by atoms with E-state index in [1.165, 1.54) is 7.11 Å². The molecule has 0 saturated carbocycles. The maximum Gasteiger partial charge on any atom is 0.255 e. The number of amides is 2. The number of primary amides is 1. The van der Waals surface area contributed by atoms with Crippen LogP contribution in [0.15, 0.2) is 36.4 Å². The molecule has 1 saturated heterocycles. The smallest absolute Gasteiger partial charge is 0.255 e. The summed E-state index contributed by atoms with van der Waals surface area (Å²) in [5, 5.41) is 2.95. The Morgan fingerprint density at radius 1 is 1.07 bits per heavy atom. The van der Waals surface area contributed by atoms with Gasteiger partial charge in [-0.2, -0.15) is 0 Å². The molecule has 0 atom stereocenters. The van der Waals surface area contributed by atoms with Crippen LogP contribution in [-0.2, 0) is 0 Å². The van der Waals surface area contributed by atoms with Crippen molar-refractivity contribution >= 4 is 29.3 Å². The maximum atomic E-state index is 13.1. The van der Waals surface area contributed by atoms with Gasteiger partial charge in [-0.3, -0.25) is 9.59 Å². The molecule has 0 aliphatic carbocycles. The first-order chi connectivity index (χ1) is 14.5. The van der Waals surface area contributed by atoms with E-state index in [1.807, 2.05) is 25.1 Å². The van der Waals surface area contributed by atoms with Crippen LogP contribution < -0.4 is 25.4 Å². The van der Waals surface area contributed by atoms with Gasteiger partial charge < -0.3 is 25.4 Å². The topological polar surface area (TPSA) is 93.9 Å². The fourth-order valence-corrected chi connectivity index (χ4v) is 3.65. The third-order valence-corrected chi connectivity index (χ3v) is 5.09. The van der Waals surface area contributed by atoms with E-state index in [-0.39, 0.29) is 5.91 Å². The maximum absolute atomic E-state index is 13.1. The number of allylic oxidation sites excluding steroid dienone is 1. The second-order valence-electron chi connectivity index (χ2n) is 7.05. The minimum Gasteiger partial charge on any atom is -0.493 e. The summed E-state index contributed by atoms with van der Waals surface area (Å²) in [5.74, 6) is 0.160. The molecule has 0 spiro atoms. The van der Waals surface area contributed by atoms with E-state index in [1.54, 1.807) is 31.4 Å². The van der Waals surface area contributed by atoms with Crippen LogP contribution in [-0.4, -0.2) is 39.1 Å². The highest BCUT2D eigenvalue weighted by molar-refractivity contribution is 6.07. The molecule has 30 heavy (non-hydrogen) atoms. The highest BCUT2D eigenvalue weighted by Gasteiger charge is 2.20. The predicted molar refractivity (Wildman–Crippen MR) is 119 cm³/mol. The molecule has 2 amide bonds. The number of methoxy groups -OCH3 is 2. The molecule has 0 radical (unpaired) electrons. The number of benzene rings is 2. The van der Waals surface area contributed by atoms with Crippen LogP contribution in [0.1, 0.15) is 46.0 Å². The number of ether oxygens (including phenoxy) is 2. The monoisotopic (exact) mass is 409 g/mol. The fourth-order valence-electron chi connectivity index (χ4n) is 3.65. The molecule has 158 valence electrons. The summed E-state index contributed by atoms with van der Waals surface area (Å²) in [5.41, 5.74) is 8.37. The highest BCUT2D eigenvalue weighted by atomic mass is 16.5. The number of hydrogen-bond acceptors (Lipinski definition) is 5. The number of nitrogens with two attached hydrogens (primary N) is 1. The normalized spacial score (nSPS) is 13.5. The van der Waals surface area contributed by atoms with Crippen molar-refractivity contribution in [2.45, 2.75) is 19.8 Å². The molecule has 2 aromatic carbocycles. The van der Waals surface area contributed by atoms with Crippen molar-refractivity contribution in [3.63, 3.8) is 0 Å². The zero-order valence-electron chi connectivity index (χ0n) is 17.5. The Morgan fingerprint density at radius 2 is 1.80 bits per heavy atom. The van der Waals surface area contributed by atoms with Gasteiger partial charge in [0.05, 0.1) is 25.6 Å². The highest BCUT2D eigenvalue weighted by Crippen LogP contribution is 2.35. The first kappa shape index (κ1) is 21.2. The van der Waals surface area contributed by atoms with Gasteiger partial charge in [0.2, 0.25) is 5.91 Å². The number of nitrogens with one attached hydrogen (secondary N) is 1. The summed E-state index contributed by atoms with van der Waals surface area (Å²) in [6.45, 7) is 3.69. The summed E-state index contributed by atoms with van der Waals surface area (Å²) in [6.07, 6.45) is 5.89. The van der Waals surface area contributed by atoms with Crippen LogP contribution in [0.5, 0.6) is 11.5 Å². The lowest BCUT2D eigenvalue weighted by Gasteiger charge is -2.22. The first-order valence-corrected chi connectivity index (χ1v) is 9.87. The summed E-state index contributed by atoms with van der Waals surface area (Å²) >= 11 is 0. The second kappa shape index (κ2) is 9.35. The molecule has 7 nitrogen and oxygen atoms in total. The third kappa shape index (κ3) is 4.40. The lowest BCUT2D eigenvalue weighted by atomic mass is 10.1. The molecule has 0 bridgehead atoms. The van der Waals surface area contributed by atoms with Gasteiger partial charge in [0.1, 0.15) is 0 Å². The van der Waals surface area contributed by atoms with Crippen LogP contribution in [0.3, 0.4) is 0 Å². The van der Waals surface area contributed by atoms with Crippen LogP contribution in [0.2, 0.25) is 0 Å². The van der Waals surface area contributed by atoms with E-state index in [0.29, 0.717) is 28.3 Å². The van der Waals surface area contributed by atoms with Crippen LogP contribution in [0.25, 0.3) is 6.08 Å². The Kier molecular flexibility index (Phi) is 6.61. The molecular formula is C23H27N3O4. The third-order valence-electron chi connectivity index (χ3n) is 5.09. The van der Waals surface area contributed by atoms with Crippen molar-refractivity contribution in [2.24, 2.45) is 5.73 Å². The molecule has 1 heterocycles. The van der Waals surface area contributed by atoms with Gasteiger partial charge in [-0.15, -0.1) is 0 Å². The molecule has 3 N–H and O–H groups in total. The largest absolute Gasteiger partial charge is 0.493 e. The minimum atomic E-state index is -0.542. The molecular weight excluding hydrogens is 382 g/mol. The molecule has 3 rings (SSSR count).